The van der Waals surface area contributed by atoms with Gasteiger partial charge in [0.1, 0.15) is 11.5 Å². The maximum absolute atomic E-state index is 11.8. The molecule has 0 atom stereocenters. The number of hydrogen-bond donors (Lipinski definition) is 0. The Morgan fingerprint density at radius 2 is 1.00 bits per heavy atom. The highest BCUT2D eigenvalue weighted by Crippen LogP contribution is 2.34. The summed E-state index contributed by atoms with van der Waals surface area (Å²) in [4.78, 5) is 23.7. The van der Waals surface area contributed by atoms with Crippen LogP contribution < -0.4 is 9.47 Å². The van der Waals surface area contributed by atoms with Gasteiger partial charge in [-0.05, 0) is 59.7 Å². The first-order valence-electron chi connectivity index (χ1n) is 14.6. The lowest BCUT2D eigenvalue weighted by molar-refractivity contribution is -0.129. The molecular formula is C39H36O4. The van der Waals surface area contributed by atoms with Crippen LogP contribution in [0.1, 0.15) is 37.8 Å². The fraction of sp³-hybridized carbons (Fsp3) is 0.179. The van der Waals surface area contributed by atoms with Crippen LogP contribution in [0.25, 0.3) is 21.5 Å². The second kappa shape index (κ2) is 12.9. The fourth-order valence-corrected chi connectivity index (χ4v) is 5.76. The third-order valence-corrected chi connectivity index (χ3v) is 7.70. The van der Waals surface area contributed by atoms with Gasteiger partial charge in [-0.1, -0.05) is 123 Å². The van der Waals surface area contributed by atoms with Crippen molar-refractivity contribution in [3.05, 3.63) is 145 Å². The summed E-state index contributed by atoms with van der Waals surface area (Å²) in [5.41, 5.74) is 4.92. The van der Waals surface area contributed by atoms with Crippen LogP contribution >= 0.6 is 0 Å². The Hall–Kier alpha value is -4.96. The van der Waals surface area contributed by atoms with Crippen LogP contribution in [0.5, 0.6) is 11.5 Å². The van der Waals surface area contributed by atoms with Crippen molar-refractivity contribution in [2.24, 2.45) is 5.41 Å². The van der Waals surface area contributed by atoms with Gasteiger partial charge in [0, 0.05) is 28.3 Å². The minimum atomic E-state index is -0.462. The number of allylic oxidation sites excluding steroid dienone is 6. The molecule has 4 aromatic carbocycles. The molecule has 4 aromatic rings. The van der Waals surface area contributed by atoms with Gasteiger partial charge in [-0.3, -0.25) is 0 Å². The van der Waals surface area contributed by atoms with Crippen LogP contribution in [-0.4, -0.2) is 11.9 Å². The van der Waals surface area contributed by atoms with E-state index in [0.717, 1.165) is 47.2 Å². The molecule has 0 unspecified atom stereocenters. The number of ether oxygens (including phenoxy) is 2. The molecule has 0 radical (unpaired) electrons. The number of esters is 2. The number of hydrogen-bond acceptors (Lipinski definition) is 4. The molecule has 0 fully saturated rings. The predicted octanol–water partition coefficient (Wildman–Crippen LogP) is 9.19. The third kappa shape index (κ3) is 7.10. The van der Waals surface area contributed by atoms with E-state index < -0.39 is 11.9 Å². The SMILES string of the molecule is C=CC(=O)Oc1ccc(CCC2=CC(C)(C)C=C(CCc3ccc(OC(=O)C=C)c4ccccc34)C=C2)c2ccccc12. The molecule has 216 valence electrons. The van der Waals surface area contributed by atoms with E-state index in [4.69, 9.17) is 9.47 Å². The topological polar surface area (TPSA) is 52.6 Å². The molecule has 0 aliphatic heterocycles. The summed E-state index contributed by atoms with van der Waals surface area (Å²) in [7, 11) is 0. The van der Waals surface area contributed by atoms with E-state index in [1.54, 1.807) is 0 Å². The Kier molecular flexibility index (Phi) is 8.87. The van der Waals surface area contributed by atoms with Crippen molar-refractivity contribution in [3.8, 4) is 11.5 Å². The summed E-state index contributed by atoms with van der Waals surface area (Å²) < 4.78 is 11.0. The molecule has 0 spiro atoms. The minimum Gasteiger partial charge on any atom is -0.423 e. The van der Waals surface area contributed by atoms with Crippen molar-refractivity contribution in [1.29, 1.82) is 0 Å². The van der Waals surface area contributed by atoms with Crippen molar-refractivity contribution < 1.29 is 19.1 Å². The second-order valence-corrected chi connectivity index (χ2v) is 11.4. The Balaban J connectivity index is 1.30. The second-order valence-electron chi connectivity index (χ2n) is 11.4. The van der Waals surface area contributed by atoms with Crippen molar-refractivity contribution in [2.75, 3.05) is 0 Å². The van der Waals surface area contributed by atoms with Gasteiger partial charge in [-0.2, -0.15) is 0 Å². The zero-order valence-electron chi connectivity index (χ0n) is 24.8. The number of fused-ring (bicyclic) bond motifs is 2. The predicted molar refractivity (Wildman–Crippen MR) is 175 cm³/mol. The summed E-state index contributed by atoms with van der Waals surface area (Å²) in [6, 6.07) is 23.9. The molecule has 4 heteroatoms. The van der Waals surface area contributed by atoms with Gasteiger partial charge in [0.25, 0.3) is 0 Å². The van der Waals surface area contributed by atoms with Crippen LogP contribution in [0.2, 0.25) is 0 Å². The molecular weight excluding hydrogens is 532 g/mol. The van der Waals surface area contributed by atoms with Crippen molar-refractivity contribution in [2.45, 2.75) is 39.5 Å². The van der Waals surface area contributed by atoms with Gasteiger partial charge >= 0.3 is 11.9 Å². The molecule has 0 bridgehead atoms. The van der Waals surface area contributed by atoms with Crippen LogP contribution in [-0.2, 0) is 22.4 Å². The Bertz CT molecular complexity index is 1680. The average Bonchev–Trinajstić information content (AvgIpc) is 3.16. The van der Waals surface area contributed by atoms with Gasteiger partial charge < -0.3 is 9.47 Å². The van der Waals surface area contributed by atoms with Crippen LogP contribution in [0, 0.1) is 5.41 Å². The Labute approximate surface area is 253 Å². The molecule has 4 nitrogen and oxygen atoms in total. The molecule has 1 aliphatic rings. The van der Waals surface area contributed by atoms with E-state index in [0.29, 0.717) is 11.5 Å². The van der Waals surface area contributed by atoms with Gasteiger partial charge in [0.2, 0.25) is 0 Å². The number of aryl methyl sites for hydroxylation is 2. The first kappa shape index (κ1) is 29.5. The van der Waals surface area contributed by atoms with Gasteiger partial charge in [0.05, 0.1) is 0 Å². The number of carbonyl (C=O) groups is 2. The monoisotopic (exact) mass is 568 g/mol. The van der Waals surface area contributed by atoms with E-state index in [9.17, 15) is 9.59 Å². The van der Waals surface area contributed by atoms with E-state index in [-0.39, 0.29) is 5.41 Å². The van der Waals surface area contributed by atoms with Gasteiger partial charge in [-0.15, -0.1) is 0 Å². The highest BCUT2D eigenvalue weighted by atomic mass is 16.5. The zero-order valence-corrected chi connectivity index (χ0v) is 24.8. The lowest BCUT2D eigenvalue weighted by Crippen LogP contribution is -2.05. The lowest BCUT2D eigenvalue weighted by Gasteiger charge is -2.18. The number of benzene rings is 4. The van der Waals surface area contributed by atoms with E-state index in [1.165, 1.54) is 34.4 Å². The van der Waals surface area contributed by atoms with E-state index >= 15 is 0 Å². The maximum atomic E-state index is 11.8. The molecule has 0 saturated heterocycles. The highest BCUT2D eigenvalue weighted by molar-refractivity contribution is 5.95. The Morgan fingerprint density at radius 1 is 0.605 bits per heavy atom. The normalized spacial score (nSPS) is 14.0. The van der Waals surface area contributed by atoms with Crippen LogP contribution in [0.15, 0.2) is 134 Å². The molecule has 0 heterocycles. The van der Waals surface area contributed by atoms with Crippen molar-refractivity contribution in [1.82, 2.24) is 0 Å². The fourth-order valence-electron chi connectivity index (χ4n) is 5.76. The van der Waals surface area contributed by atoms with Gasteiger partial charge in [0.15, 0.2) is 0 Å². The Morgan fingerprint density at radius 3 is 1.40 bits per heavy atom. The van der Waals surface area contributed by atoms with Crippen molar-refractivity contribution in [3.63, 3.8) is 0 Å². The van der Waals surface area contributed by atoms with Crippen LogP contribution in [0.3, 0.4) is 0 Å². The summed E-state index contributed by atoms with van der Waals surface area (Å²) in [5.74, 6) is 0.175. The van der Waals surface area contributed by atoms with E-state index in [1.807, 2.05) is 48.5 Å². The number of rotatable bonds is 10. The van der Waals surface area contributed by atoms with Gasteiger partial charge in [-0.25, -0.2) is 9.59 Å². The van der Waals surface area contributed by atoms with Crippen molar-refractivity contribution >= 4 is 33.5 Å². The van der Waals surface area contributed by atoms with E-state index in [2.05, 4.69) is 75.6 Å². The molecule has 0 N–H and O–H groups in total. The quantitative estimate of drug-likeness (QED) is 0.109. The largest absolute Gasteiger partial charge is 0.423 e. The first-order chi connectivity index (χ1) is 20.8. The summed E-state index contributed by atoms with van der Waals surface area (Å²) in [6.45, 7) is 11.5. The molecule has 43 heavy (non-hydrogen) atoms. The zero-order chi connectivity index (χ0) is 30.4. The lowest BCUT2D eigenvalue weighted by atomic mass is 9.87. The first-order valence-corrected chi connectivity index (χ1v) is 14.6. The standard InChI is InChI=1S/C39H36O4/c1-5-37(40)42-35-23-21-29(31-11-7-9-13-33(31)35)19-17-27-15-16-28(26-39(3,4)25-27)18-20-30-22-24-36(43-38(41)6-2)34-14-10-8-12-32(30)34/h5-16,21-26H,1-2,17-20H2,3-4H3. The number of carbonyl (C=O) groups excluding carboxylic acids is 2. The summed E-state index contributed by atoms with van der Waals surface area (Å²) in [5, 5.41) is 4.02. The van der Waals surface area contributed by atoms with Crippen LogP contribution in [0.4, 0.5) is 0 Å². The molecule has 5 rings (SSSR count). The molecule has 0 saturated carbocycles. The molecule has 0 aromatic heterocycles. The minimum absolute atomic E-state index is 0.0935. The third-order valence-electron chi connectivity index (χ3n) is 7.70. The smallest absolute Gasteiger partial charge is 0.335 e. The molecule has 0 amide bonds. The molecule has 1 aliphatic carbocycles. The summed E-state index contributed by atoms with van der Waals surface area (Å²) in [6.07, 6.45) is 15.1. The summed E-state index contributed by atoms with van der Waals surface area (Å²) >= 11 is 0. The maximum Gasteiger partial charge on any atom is 0.335 e. The average molecular weight is 569 g/mol. The highest BCUT2D eigenvalue weighted by Gasteiger charge is 2.17.